The monoisotopic (exact) mass is 276 g/mol. The number of hydrogen-bond acceptors (Lipinski definition) is 1. The maximum atomic E-state index is 6.48. The SMILES string of the molecule is COc1ccc2cc(C(Cl)CCC(C)C)ccc2c1. The van der Waals surface area contributed by atoms with Gasteiger partial charge in [0.1, 0.15) is 5.75 Å². The van der Waals surface area contributed by atoms with Crippen molar-refractivity contribution in [3.63, 3.8) is 0 Å². The van der Waals surface area contributed by atoms with Gasteiger partial charge in [0.15, 0.2) is 0 Å². The summed E-state index contributed by atoms with van der Waals surface area (Å²) < 4.78 is 5.24. The molecular formula is C17H21ClO. The summed E-state index contributed by atoms with van der Waals surface area (Å²) in [5, 5.41) is 2.51. The van der Waals surface area contributed by atoms with Crippen molar-refractivity contribution in [3.05, 3.63) is 42.0 Å². The molecular weight excluding hydrogens is 256 g/mol. The van der Waals surface area contributed by atoms with Crippen LogP contribution in [-0.2, 0) is 0 Å². The molecule has 0 aliphatic heterocycles. The molecule has 0 heterocycles. The Labute approximate surface area is 120 Å². The van der Waals surface area contributed by atoms with E-state index in [0.29, 0.717) is 5.92 Å². The largest absolute Gasteiger partial charge is 0.497 e. The van der Waals surface area contributed by atoms with E-state index in [-0.39, 0.29) is 5.38 Å². The van der Waals surface area contributed by atoms with Gasteiger partial charge in [0.05, 0.1) is 12.5 Å². The van der Waals surface area contributed by atoms with E-state index in [1.807, 2.05) is 6.07 Å². The van der Waals surface area contributed by atoms with E-state index in [1.54, 1.807) is 7.11 Å². The highest BCUT2D eigenvalue weighted by molar-refractivity contribution is 6.20. The van der Waals surface area contributed by atoms with Crippen LogP contribution in [0.25, 0.3) is 10.8 Å². The standard InChI is InChI=1S/C17H21ClO/c1-12(2)4-9-17(18)15-6-5-14-11-16(19-3)8-7-13(14)10-15/h5-8,10-12,17H,4,9H2,1-3H3. The molecule has 0 amide bonds. The van der Waals surface area contributed by atoms with Crippen LogP contribution in [0.3, 0.4) is 0 Å². The highest BCUT2D eigenvalue weighted by atomic mass is 35.5. The first-order chi connectivity index (χ1) is 9.10. The molecule has 0 spiro atoms. The fourth-order valence-electron chi connectivity index (χ4n) is 2.21. The van der Waals surface area contributed by atoms with Crippen LogP contribution in [0.1, 0.15) is 37.6 Å². The van der Waals surface area contributed by atoms with Crippen molar-refractivity contribution in [1.82, 2.24) is 0 Å². The number of ether oxygens (including phenoxy) is 1. The molecule has 0 saturated heterocycles. The molecule has 2 heteroatoms. The average Bonchev–Trinajstić information content (AvgIpc) is 2.43. The van der Waals surface area contributed by atoms with Crippen LogP contribution < -0.4 is 4.74 Å². The lowest BCUT2D eigenvalue weighted by molar-refractivity contribution is 0.415. The Hall–Kier alpha value is -1.21. The fraction of sp³-hybridized carbons (Fsp3) is 0.412. The van der Waals surface area contributed by atoms with E-state index in [1.165, 1.54) is 16.3 Å². The van der Waals surface area contributed by atoms with E-state index in [0.717, 1.165) is 18.6 Å². The molecule has 0 bridgehead atoms. The molecule has 1 nitrogen and oxygen atoms in total. The van der Waals surface area contributed by atoms with Crippen molar-refractivity contribution in [3.8, 4) is 5.75 Å². The van der Waals surface area contributed by atoms with Crippen molar-refractivity contribution >= 4 is 22.4 Å². The van der Waals surface area contributed by atoms with Crippen molar-refractivity contribution in [1.29, 1.82) is 0 Å². The zero-order valence-corrected chi connectivity index (χ0v) is 12.6. The summed E-state index contributed by atoms with van der Waals surface area (Å²) in [5.74, 6) is 1.59. The highest BCUT2D eigenvalue weighted by Crippen LogP contribution is 2.30. The number of alkyl halides is 1. The van der Waals surface area contributed by atoms with E-state index in [4.69, 9.17) is 16.3 Å². The van der Waals surface area contributed by atoms with E-state index in [9.17, 15) is 0 Å². The normalized spacial score (nSPS) is 12.9. The van der Waals surface area contributed by atoms with Crippen LogP contribution in [0.4, 0.5) is 0 Å². The second kappa shape index (κ2) is 6.29. The Morgan fingerprint density at radius 3 is 2.37 bits per heavy atom. The van der Waals surface area contributed by atoms with E-state index >= 15 is 0 Å². The predicted molar refractivity (Wildman–Crippen MR) is 83.2 cm³/mol. The smallest absolute Gasteiger partial charge is 0.119 e. The Morgan fingerprint density at radius 1 is 1.00 bits per heavy atom. The molecule has 0 saturated carbocycles. The molecule has 0 fully saturated rings. The third kappa shape index (κ3) is 3.63. The second-order valence-electron chi connectivity index (χ2n) is 5.41. The van der Waals surface area contributed by atoms with Gasteiger partial charge in [0, 0.05) is 0 Å². The molecule has 102 valence electrons. The minimum absolute atomic E-state index is 0.105. The summed E-state index contributed by atoms with van der Waals surface area (Å²) in [7, 11) is 1.69. The van der Waals surface area contributed by atoms with Crippen molar-refractivity contribution in [2.75, 3.05) is 7.11 Å². The van der Waals surface area contributed by atoms with Crippen LogP contribution in [0.5, 0.6) is 5.75 Å². The average molecular weight is 277 g/mol. The number of fused-ring (bicyclic) bond motifs is 1. The molecule has 2 aromatic rings. The number of rotatable bonds is 5. The van der Waals surface area contributed by atoms with Crippen molar-refractivity contribution in [2.45, 2.75) is 32.1 Å². The van der Waals surface area contributed by atoms with Gasteiger partial charge in [-0.1, -0.05) is 32.0 Å². The van der Waals surface area contributed by atoms with Gasteiger partial charge in [-0.3, -0.25) is 0 Å². The van der Waals surface area contributed by atoms with Crippen LogP contribution in [-0.4, -0.2) is 7.11 Å². The number of benzene rings is 2. The lowest BCUT2D eigenvalue weighted by atomic mass is 9.99. The third-order valence-electron chi connectivity index (χ3n) is 3.43. The van der Waals surface area contributed by atoms with Crippen LogP contribution in [0, 0.1) is 5.92 Å². The second-order valence-corrected chi connectivity index (χ2v) is 5.94. The van der Waals surface area contributed by atoms with Gasteiger partial charge in [-0.25, -0.2) is 0 Å². The minimum Gasteiger partial charge on any atom is -0.497 e. The van der Waals surface area contributed by atoms with Gasteiger partial charge >= 0.3 is 0 Å². The number of hydrogen-bond donors (Lipinski definition) is 0. The molecule has 0 aliphatic carbocycles. The molecule has 0 aliphatic rings. The molecule has 1 atom stereocenters. The topological polar surface area (TPSA) is 9.23 Å². The molecule has 0 N–H and O–H groups in total. The predicted octanol–water partition coefficient (Wildman–Crippen LogP) is 5.56. The summed E-state index contributed by atoms with van der Waals surface area (Å²) in [6, 6.07) is 12.6. The van der Waals surface area contributed by atoms with Gasteiger partial charge < -0.3 is 4.74 Å². The van der Waals surface area contributed by atoms with Gasteiger partial charge in [0.25, 0.3) is 0 Å². The van der Waals surface area contributed by atoms with Gasteiger partial charge in [-0.05, 0) is 53.3 Å². The molecule has 1 unspecified atom stereocenters. The molecule has 0 aromatic heterocycles. The minimum atomic E-state index is 0.105. The van der Waals surface area contributed by atoms with Gasteiger partial charge in [-0.2, -0.15) is 0 Å². The van der Waals surface area contributed by atoms with Gasteiger partial charge in [0.2, 0.25) is 0 Å². The first kappa shape index (κ1) is 14.2. The van der Waals surface area contributed by atoms with Crippen LogP contribution in [0.15, 0.2) is 36.4 Å². The number of methoxy groups -OCH3 is 1. The zero-order valence-electron chi connectivity index (χ0n) is 11.8. The lowest BCUT2D eigenvalue weighted by Gasteiger charge is -2.12. The molecule has 2 aromatic carbocycles. The van der Waals surface area contributed by atoms with Crippen molar-refractivity contribution < 1.29 is 4.74 Å². The fourth-order valence-corrected chi connectivity index (χ4v) is 2.47. The van der Waals surface area contributed by atoms with E-state index < -0.39 is 0 Å². The molecule has 2 rings (SSSR count). The Balaban J connectivity index is 2.21. The summed E-state index contributed by atoms with van der Waals surface area (Å²) in [6.07, 6.45) is 2.19. The lowest BCUT2D eigenvalue weighted by Crippen LogP contribution is -1.94. The van der Waals surface area contributed by atoms with Crippen molar-refractivity contribution in [2.24, 2.45) is 5.92 Å². The van der Waals surface area contributed by atoms with Gasteiger partial charge in [-0.15, -0.1) is 11.6 Å². The Kier molecular flexibility index (Phi) is 4.71. The first-order valence-corrected chi connectivity index (χ1v) is 7.25. The van der Waals surface area contributed by atoms with Crippen LogP contribution in [0.2, 0.25) is 0 Å². The quantitative estimate of drug-likeness (QED) is 0.649. The third-order valence-corrected chi connectivity index (χ3v) is 3.90. The number of halogens is 1. The summed E-state index contributed by atoms with van der Waals surface area (Å²) >= 11 is 6.48. The Bertz CT molecular complexity index is 548. The maximum absolute atomic E-state index is 6.48. The molecule has 19 heavy (non-hydrogen) atoms. The summed E-state index contributed by atoms with van der Waals surface area (Å²) in [6.45, 7) is 4.46. The highest BCUT2D eigenvalue weighted by Gasteiger charge is 2.09. The van der Waals surface area contributed by atoms with E-state index in [2.05, 4.69) is 44.2 Å². The molecule has 0 radical (unpaired) electrons. The summed E-state index contributed by atoms with van der Waals surface area (Å²) in [5.41, 5.74) is 1.21. The zero-order chi connectivity index (χ0) is 13.8. The summed E-state index contributed by atoms with van der Waals surface area (Å²) in [4.78, 5) is 0. The van der Waals surface area contributed by atoms with Crippen LogP contribution >= 0.6 is 11.6 Å². The Morgan fingerprint density at radius 2 is 1.68 bits per heavy atom. The first-order valence-electron chi connectivity index (χ1n) is 6.82. The maximum Gasteiger partial charge on any atom is 0.119 e.